The van der Waals surface area contributed by atoms with Gasteiger partial charge in [0.15, 0.2) is 0 Å². The molecule has 7 heteroatoms. The zero-order valence-corrected chi connectivity index (χ0v) is 12.3. The fraction of sp³-hybridized carbons (Fsp3) is 0.143. The molecule has 0 aliphatic heterocycles. The smallest absolute Gasteiger partial charge is 0.264 e. The number of nitrogens with zero attached hydrogens (tertiary/aromatic N) is 2. The van der Waals surface area contributed by atoms with Crippen molar-refractivity contribution in [2.45, 2.75) is 18.4 Å². The maximum absolute atomic E-state index is 12.1. The Bertz CT molecular complexity index is 725. The maximum Gasteiger partial charge on any atom is 0.264 e. The number of sulfonamides is 1. The van der Waals surface area contributed by atoms with Crippen LogP contribution in [0.1, 0.15) is 11.1 Å². The van der Waals surface area contributed by atoms with Crippen LogP contribution in [0.2, 0.25) is 0 Å². The zero-order chi connectivity index (χ0) is 15.3. The monoisotopic (exact) mass is 304 g/mol. The number of aryl methyl sites for hydroxylation is 1. The molecule has 3 N–H and O–H groups in total. The lowest BCUT2D eigenvalue weighted by molar-refractivity contribution is 0.592. The van der Waals surface area contributed by atoms with Crippen molar-refractivity contribution >= 4 is 16.0 Å². The first-order chi connectivity index (χ1) is 9.97. The van der Waals surface area contributed by atoms with Gasteiger partial charge in [-0.25, -0.2) is 18.1 Å². The molecule has 0 saturated carbocycles. The minimum absolute atomic E-state index is 0.146. The first-order valence-corrected chi connectivity index (χ1v) is 7.74. The Morgan fingerprint density at radius 2 is 1.81 bits per heavy atom. The molecule has 1 aromatic carbocycles. The van der Waals surface area contributed by atoms with E-state index in [0.717, 1.165) is 11.1 Å². The lowest BCUT2D eigenvalue weighted by atomic mass is 10.2. The van der Waals surface area contributed by atoms with Crippen molar-refractivity contribution in [3.63, 3.8) is 0 Å². The molecule has 110 valence electrons. The van der Waals surface area contributed by atoms with E-state index >= 15 is 0 Å². The highest BCUT2D eigenvalue weighted by Crippen LogP contribution is 2.09. The van der Waals surface area contributed by atoms with E-state index < -0.39 is 10.0 Å². The molecule has 0 amide bonds. The Balaban J connectivity index is 2.07. The van der Waals surface area contributed by atoms with Crippen LogP contribution in [0.25, 0.3) is 0 Å². The van der Waals surface area contributed by atoms with Crippen LogP contribution >= 0.6 is 0 Å². The van der Waals surface area contributed by atoms with Crippen LogP contribution in [0, 0.1) is 6.92 Å². The third kappa shape index (κ3) is 4.28. The first kappa shape index (κ1) is 15.0. The Kier molecular flexibility index (Phi) is 4.54. The molecule has 0 aliphatic rings. The van der Waals surface area contributed by atoms with Gasteiger partial charge >= 0.3 is 0 Å². The summed E-state index contributed by atoms with van der Waals surface area (Å²) in [5.74, 6) is -0.146. The van der Waals surface area contributed by atoms with Crippen LogP contribution < -0.4 is 10.5 Å². The van der Waals surface area contributed by atoms with Gasteiger partial charge in [-0.3, -0.25) is 4.98 Å². The predicted molar refractivity (Wildman–Crippen MR) is 81.1 cm³/mol. The molecule has 1 aromatic heterocycles. The fourth-order valence-corrected chi connectivity index (χ4v) is 2.56. The van der Waals surface area contributed by atoms with Gasteiger partial charge in [-0.15, -0.1) is 0 Å². The normalized spacial score (nSPS) is 12.1. The number of guanidine groups is 1. The predicted octanol–water partition coefficient (Wildman–Crippen LogP) is 1.18. The van der Waals surface area contributed by atoms with Crippen LogP contribution in [0.5, 0.6) is 0 Å². The molecule has 0 unspecified atom stereocenters. The summed E-state index contributed by atoms with van der Waals surface area (Å²) in [6.07, 6.45) is 3.27. The minimum Gasteiger partial charge on any atom is -0.369 e. The highest BCUT2D eigenvalue weighted by molar-refractivity contribution is 7.90. The summed E-state index contributed by atoms with van der Waals surface area (Å²) >= 11 is 0. The standard InChI is InChI=1S/C14H16N4O2S/c1-11-2-4-13(5-3-11)21(19,20)18-14(15)17-10-12-6-8-16-9-7-12/h2-9H,10H2,1H3,(H3,15,17,18). The van der Waals surface area contributed by atoms with Gasteiger partial charge in [-0.1, -0.05) is 17.7 Å². The first-order valence-electron chi connectivity index (χ1n) is 6.26. The molecule has 0 spiro atoms. The van der Waals surface area contributed by atoms with Gasteiger partial charge in [0.05, 0.1) is 11.4 Å². The Labute approximate surface area is 123 Å². The quantitative estimate of drug-likeness (QED) is 0.654. The third-order valence-electron chi connectivity index (χ3n) is 2.75. The highest BCUT2D eigenvalue weighted by Gasteiger charge is 2.14. The molecule has 0 bridgehead atoms. The van der Waals surface area contributed by atoms with Crippen molar-refractivity contribution in [1.82, 2.24) is 9.71 Å². The number of nitrogens with two attached hydrogens (primary N) is 1. The topological polar surface area (TPSA) is 97.4 Å². The number of hydrogen-bond donors (Lipinski definition) is 2. The average molecular weight is 304 g/mol. The molecule has 6 nitrogen and oxygen atoms in total. The number of aromatic nitrogens is 1. The van der Waals surface area contributed by atoms with Crippen molar-refractivity contribution in [2.24, 2.45) is 10.7 Å². The van der Waals surface area contributed by atoms with Gasteiger partial charge in [-0.05, 0) is 36.8 Å². The number of nitrogens with one attached hydrogen (secondary N) is 1. The molecule has 0 fully saturated rings. The van der Waals surface area contributed by atoms with Crippen molar-refractivity contribution in [3.8, 4) is 0 Å². The van der Waals surface area contributed by atoms with E-state index in [-0.39, 0.29) is 17.4 Å². The van der Waals surface area contributed by atoms with Crippen LogP contribution in [-0.4, -0.2) is 19.4 Å². The molecule has 21 heavy (non-hydrogen) atoms. The molecule has 0 radical (unpaired) electrons. The van der Waals surface area contributed by atoms with E-state index in [0.29, 0.717) is 0 Å². The average Bonchev–Trinajstić information content (AvgIpc) is 2.46. The number of pyridine rings is 1. The van der Waals surface area contributed by atoms with E-state index in [4.69, 9.17) is 5.73 Å². The Morgan fingerprint density at radius 3 is 2.43 bits per heavy atom. The molecule has 1 heterocycles. The third-order valence-corrected chi connectivity index (χ3v) is 4.12. The van der Waals surface area contributed by atoms with Gasteiger partial charge in [0.1, 0.15) is 0 Å². The maximum atomic E-state index is 12.1. The van der Waals surface area contributed by atoms with Gasteiger partial charge in [0.2, 0.25) is 5.96 Å². The molecule has 2 rings (SSSR count). The second-order valence-electron chi connectivity index (χ2n) is 4.48. The highest BCUT2D eigenvalue weighted by atomic mass is 32.2. The van der Waals surface area contributed by atoms with Crippen LogP contribution in [0.3, 0.4) is 0 Å². The summed E-state index contributed by atoms with van der Waals surface area (Å²) in [5, 5.41) is 0. The largest absolute Gasteiger partial charge is 0.369 e. The number of hydrogen-bond acceptors (Lipinski definition) is 4. The van der Waals surface area contributed by atoms with Crippen molar-refractivity contribution < 1.29 is 8.42 Å². The van der Waals surface area contributed by atoms with Crippen molar-refractivity contribution in [1.29, 1.82) is 0 Å². The molecular weight excluding hydrogens is 288 g/mol. The van der Waals surface area contributed by atoms with Gasteiger partial charge in [-0.2, -0.15) is 0 Å². The SMILES string of the molecule is Cc1ccc(S(=O)(=O)NC(N)=NCc2ccncc2)cc1. The van der Waals surface area contributed by atoms with Crippen molar-refractivity contribution in [3.05, 3.63) is 59.9 Å². The second kappa shape index (κ2) is 6.36. The van der Waals surface area contributed by atoms with Crippen LogP contribution in [0.15, 0.2) is 58.7 Å². The Hall–Kier alpha value is -2.41. The molecule has 0 atom stereocenters. The second-order valence-corrected chi connectivity index (χ2v) is 6.16. The lowest BCUT2D eigenvalue weighted by Crippen LogP contribution is -2.36. The summed E-state index contributed by atoms with van der Waals surface area (Å²) in [6.45, 7) is 2.17. The minimum atomic E-state index is -3.70. The van der Waals surface area contributed by atoms with E-state index in [1.807, 2.05) is 6.92 Å². The molecule has 2 aromatic rings. The van der Waals surface area contributed by atoms with Crippen LogP contribution in [0.4, 0.5) is 0 Å². The lowest BCUT2D eigenvalue weighted by Gasteiger charge is -2.07. The summed E-state index contributed by atoms with van der Waals surface area (Å²) in [7, 11) is -3.70. The van der Waals surface area contributed by atoms with Gasteiger partial charge in [0, 0.05) is 12.4 Å². The van der Waals surface area contributed by atoms with E-state index in [2.05, 4.69) is 14.7 Å². The summed E-state index contributed by atoms with van der Waals surface area (Å²) < 4.78 is 26.4. The van der Waals surface area contributed by atoms with E-state index in [9.17, 15) is 8.42 Å². The summed E-state index contributed by atoms with van der Waals surface area (Å²) in [5.41, 5.74) is 7.49. The van der Waals surface area contributed by atoms with Gasteiger partial charge < -0.3 is 5.73 Å². The van der Waals surface area contributed by atoms with Crippen molar-refractivity contribution in [2.75, 3.05) is 0 Å². The Morgan fingerprint density at radius 1 is 1.19 bits per heavy atom. The van der Waals surface area contributed by atoms with Crippen LogP contribution in [-0.2, 0) is 16.6 Å². The summed E-state index contributed by atoms with van der Waals surface area (Å²) in [4.78, 5) is 8.03. The summed E-state index contributed by atoms with van der Waals surface area (Å²) in [6, 6.07) is 10.1. The number of rotatable bonds is 4. The molecular formula is C14H16N4O2S. The van der Waals surface area contributed by atoms with E-state index in [1.165, 1.54) is 12.1 Å². The molecule has 0 aliphatic carbocycles. The zero-order valence-electron chi connectivity index (χ0n) is 11.5. The number of benzene rings is 1. The number of aliphatic imine (C=N–C) groups is 1. The fourth-order valence-electron chi connectivity index (χ4n) is 1.61. The van der Waals surface area contributed by atoms with E-state index in [1.54, 1.807) is 36.7 Å². The molecule has 0 saturated heterocycles. The van der Waals surface area contributed by atoms with Gasteiger partial charge in [0.25, 0.3) is 10.0 Å².